The van der Waals surface area contributed by atoms with Crippen molar-refractivity contribution in [3.63, 3.8) is 0 Å². The van der Waals surface area contributed by atoms with E-state index in [0.29, 0.717) is 19.6 Å². The third-order valence-corrected chi connectivity index (χ3v) is 5.10. The van der Waals surface area contributed by atoms with Crippen molar-refractivity contribution in [3.05, 3.63) is 30.1 Å². The van der Waals surface area contributed by atoms with Crippen LogP contribution in [0.15, 0.2) is 24.3 Å². The zero-order valence-electron chi connectivity index (χ0n) is 14.4. The molecule has 2 N–H and O–H groups in total. The topological polar surface area (TPSA) is 69.9 Å². The van der Waals surface area contributed by atoms with Gasteiger partial charge in [0.2, 0.25) is 11.8 Å². The quantitative estimate of drug-likeness (QED) is 0.868. The number of carbonyl (C=O) groups excluding carboxylic acids is 2. The second-order valence-corrected chi connectivity index (χ2v) is 6.82. The van der Waals surface area contributed by atoms with E-state index in [4.69, 9.17) is 5.73 Å². The van der Waals surface area contributed by atoms with Gasteiger partial charge in [0.05, 0.1) is 12.5 Å². The predicted octanol–water partition coefficient (Wildman–Crippen LogP) is 0.672. The number of hydrogen-bond donors (Lipinski definition) is 1. The monoisotopic (exact) mass is 348 g/mol. The first-order valence-corrected chi connectivity index (χ1v) is 8.83. The maximum absolute atomic E-state index is 13.0. The fourth-order valence-corrected chi connectivity index (χ4v) is 3.54. The van der Waals surface area contributed by atoms with Gasteiger partial charge in [0.1, 0.15) is 5.82 Å². The molecule has 0 aliphatic carbocycles. The van der Waals surface area contributed by atoms with E-state index >= 15 is 0 Å². The molecular formula is C18H25FN4O2. The average Bonchev–Trinajstić information content (AvgIpc) is 2.63. The van der Waals surface area contributed by atoms with Gasteiger partial charge in [-0.15, -0.1) is 0 Å². The van der Waals surface area contributed by atoms with Gasteiger partial charge in [-0.25, -0.2) is 4.39 Å². The minimum Gasteiger partial charge on any atom is -0.369 e. The SMILES string of the molecule is NC(=O)C1CCCN(C(=O)CN2CCN(c3ccc(F)cc3)CC2)C1. The van der Waals surface area contributed by atoms with Crippen molar-refractivity contribution in [1.82, 2.24) is 9.80 Å². The van der Waals surface area contributed by atoms with Crippen molar-refractivity contribution in [3.8, 4) is 0 Å². The summed E-state index contributed by atoms with van der Waals surface area (Å²) in [6, 6.07) is 6.51. The van der Waals surface area contributed by atoms with Gasteiger partial charge in [-0.05, 0) is 37.1 Å². The van der Waals surface area contributed by atoms with Crippen LogP contribution in [0.1, 0.15) is 12.8 Å². The smallest absolute Gasteiger partial charge is 0.236 e. The number of piperazine rings is 1. The number of rotatable bonds is 4. The normalized spacial score (nSPS) is 22.0. The van der Waals surface area contributed by atoms with Gasteiger partial charge >= 0.3 is 0 Å². The molecule has 25 heavy (non-hydrogen) atoms. The van der Waals surface area contributed by atoms with Crippen LogP contribution in [-0.2, 0) is 9.59 Å². The number of halogens is 1. The first-order valence-electron chi connectivity index (χ1n) is 8.83. The van der Waals surface area contributed by atoms with Crippen molar-refractivity contribution >= 4 is 17.5 Å². The van der Waals surface area contributed by atoms with Gasteiger partial charge in [0, 0.05) is 45.0 Å². The average molecular weight is 348 g/mol. The van der Waals surface area contributed by atoms with Crippen molar-refractivity contribution in [1.29, 1.82) is 0 Å². The molecule has 0 radical (unpaired) electrons. The first-order chi connectivity index (χ1) is 12.0. The summed E-state index contributed by atoms with van der Waals surface area (Å²) in [6.45, 7) is 4.72. The fourth-order valence-electron chi connectivity index (χ4n) is 3.54. The Balaban J connectivity index is 1.47. The number of nitrogens with zero attached hydrogens (tertiary/aromatic N) is 3. The van der Waals surface area contributed by atoms with E-state index < -0.39 is 0 Å². The molecule has 2 fully saturated rings. The molecule has 2 amide bonds. The summed E-state index contributed by atoms with van der Waals surface area (Å²) in [5.41, 5.74) is 6.38. The summed E-state index contributed by atoms with van der Waals surface area (Å²) >= 11 is 0. The first kappa shape index (κ1) is 17.7. The van der Waals surface area contributed by atoms with Crippen LogP contribution >= 0.6 is 0 Å². The Labute approximate surface area is 147 Å². The minimum absolute atomic E-state index is 0.0705. The van der Waals surface area contributed by atoms with E-state index in [-0.39, 0.29) is 23.5 Å². The molecule has 0 saturated carbocycles. The Morgan fingerprint density at radius 1 is 1.08 bits per heavy atom. The molecule has 2 aliphatic rings. The van der Waals surface area contributed by atoms with Gasteiger partial charge in [-0.1, -0.05) is 0 Å². The molecular weight excluding hydrogens is 323 g/mol. The van der Waals surface area contributed by atoms with E-state index in [2.05, 4.69) is 9.80 Å². The number of piperidine rings is 1. The highest BCUT2D eigenvalue weighted by Gasteiger charge is 2.28. The number of primary amides is 1. The molecule has 1 unspecified atom stereocenters. The summed E-state index contributed by atoms with van der Waals surface area (Å²) in [6.07, 6.45) is 1.60. The third kappa shape index (κ3) is 4.48. The van der Waals surface area contributed by atoms with Crippen molar-refractivity contribution in [2.24, 2.45) is 11.7 Å². The van der Waals surface area contributed by atoms with Crippen LogP contribution in [0.5, 0.6) is 0 Å². The van der Waals surface area contributed by atoms with Gasteiger partial charge in [-0.3, -0.25) is 14.5 Å². The Bertz CT molecular complexity index is 614. The maximum Gasteiger partial charge on any atom is 0.236 e. The van der Waals surface area contributed by atoms with Crippen LogP contribution in [0.4, 0.5) is 10.1 Å². The van der Waals surface area contributed by atoms with Crippen molar-refractivity contribution < 1.29 is 14.0 Å². The lowest BCUT2D eigenvalue weighted by molar-refractivity contribution is -0.136. The Hall–Kier alpha value is -2.15. The standard InChI is InChI=1S/C18H25FN4O2/c19-15-3-5-16(6-4-15)22-10-8-21(9-11-22)13-17(24)23-7-1-2-14(12-23)18(20)25/h3-6,14H,1-2,7-13H2,(H2,20,25). The second-order valence-electron chi connectivity index (χ2n) is 6.82. The number of likely N-dealkylation sites (tertiary alicyclic amines) is 1. The largest absolute Gasteiger partial charge is 0.369 e. The second kappa shape index (κ2) is 7.82. The van der Waals surface area contributed by atoms with Crippen molar-refractivity contribution in [2.45, 2.75) is 12.8 Å². The van der Waals surface area contributed by atoms with Crippen LogP contribution in [0, 0.1) is 11.7 Å². The predicted molar refractivity (Wildman–Crippen MR) is 93.6 cm³/mol. The molecule has 1 atom stereocenters. The summed E-state index contributed by atoms with van der Waals surface area (Å²) in [4.78, 5) is 30.0. The molecule has 2 saturated heterocycles. The number of benzene rings is 1. The summed E-state index contributed by atoms with van der Waals surface area (Å²) in [5, 5.41) is 0. The highest BCUT2D eigenvalue weighted by molar-refractivity contribution is 5.81. The van der Waals surface area contributed by atoms with Crippen molar-refractivity contribution in [2.75, 3.05) is 50.7 Å². The number of nitrogens with two attached hydrogens (primary N) is 1. The summed E-state index contributed by atoms with van der Waals surface area (Å²) in [7, 11) is 0. The molecule has 136 valence electrons. The highest BCUT2D eigenvalue weighted by atomic mass is 19.1. The molecule has 0 bridgehead atoms. The highest BCUT2D eigenvalue weighted by Crippen LogP contribution is 2.18. The van der Waals surface area contributed by atoms with Crippen LogP contribution in [0.25, 0.3) is 0 Å². The summed E-state index contributed by atoms with van der Waals surface area (Å²) in [5.74, 6) is -0.691. The Kier molecular flexibility index (Phi) is 5.53. The molecule has 3 rings (SSSR count). The fraction of sp³-hybridized carbons (Fsp3) is 0.556. The molecule has 7 heteroatoms. The lowest BCUT2D eigenvalue weighted by Crippen LogP contribution is -2.52. The van der Waals surface area contributed by atoms with Gasteiger partial charge < -0.3 is 15.5 Å². The number of anilines is 1. The molecule has 1 aromatic rings. The molecule has 2 heterocycles. The van der Waals surface area contributed by atoms with Gasteiger partial charge in [-0.2, -0.15) is 0 Å². The van der Waals surface area contributed by atoms with Crippen LogP contribution in [0.3, 0.4) is 0 Å². The van der Waals surface area contributed by atoms with E-state index in [1.54, 1.807) is 17.0 Å². The molecule has 2 aliphatic heterocycles. The number of amides is 2. The zero-order chi connectivity index (χ0) is 17.8. The lowest BCUT2D eigenvalue weighted by atomic mass is 9.97. The van der Waals surface area contributed by atoms with E-state index in [9.17, 15) is 14.0 Å². The van der Waals surface area contributed by atoms with Gasteiger partial charge in [0.15, 0.2) is 0 Å². The van der Waals surface area contributed by atoms with Gasteiger partial charge in [0.25, 0.3) is 0 Å². The third-order valence-electron chi connectivity index (χ3n) is 5.10. The molecule has 0 aromatic heterocycles. The van der Waals surface area contributed by atoms with E-state index in [1.807, 2.05) is 0 Å². The Morgan fingerprint density at radius 2 is 1.76 bits per heavy atom. The molecule has 1 aromatic carbocycles. The zero-order valence-corrected chi connectivity index (χ0v) is 14.4. The Morgan fingerprint density at radius 3 is 2.40 bits per heavy atom. The van der Waals surface area contributed by atoms with E-state index in [0.717, 1.165) is 44.7 Å². The number of hydrogen-bond acceptors (Lipinski definition) is 4. The minimum atomic E-state index is -0.314. The summed E-state index contributed by atoms with van der Waals surface area (Å²) < 4.78 is 13.0. The van der Waals surface area contributed by atoms with Crippen LogP contribution in [-0.4, -0.2) is 67.4 Å². The molecule has 0 spiro atoms. The lowest BCUT2D eigenvalue weighted by Gasteiger charge is -2.37. The van der Waals surface area contributed by atoms with Crippen LogP contribution in [0.2, 0.25) is 0 Å². The molecule has 6 nitrogen and oxygen atoms in total. The van der Waals surface area contributed by atoms with Crippen LogP contribution < -0.4 is 10.6 Å². The maximum atomic E-state index is 13.0. The van der Waals surface area contributed by atoms with E-state index in [1.165, 1.54) is 12.1 Å². The number of carbonyl (C=O) groups is 2.